The second kappa shape index (κ2) is 11.1. The first-order valence-corrected chi connectivity index (χ1v) is 12.8. The summed E-state index contributed by atoms with van der Waals surface area (Å²) in [6.07, 6.45) is 4.41. The van der Waals surface area contributed by atoms with E-state index >= 15 is 0 Å². The lowest BCUT2D eigenvalue weighted by atomic mass is 10.1. The molecule has 1 aliphatic carbocycles. The Labute approximate surface area is 208 Å². The monoisotopic (exact) mass is 497 g/mol. The van der Waals surface area contributed by atoms with Crippen molar-refractivity contribution >= 4 is 40.9 Å². The predicted octanol–water partition coefficient (Wildman–Crippen LogP) is 5.18. The number of anilines is 1. The fourth-order valence-electron chi connectivity index (χ4n) is 4.13. The average Bonchev–Trinajstić information content (AvgIpc) is 3.49. The van der Waals surface area contributed by atoms with Gasteiger partial charge in [0.25, 0.3) is 0 Å². The van der Waals surface area contributed by atoms with Crippen molar-refractivity contribution in [1.29, 1.82) is 0 Å². The number of benzene rings is 2. The van der Waals surface area contributed by atoms with Gasteiger partial charge in [-0.25, -0.2) is 0 Å². The van der Waals surface area contributed by atoms with Crippen LogP contribution in [0.5, 0.6) is 0 Å². The van der Waals surface area contributed by atoms with Crippen LogP contribution in [0, 0.1) is 13.8 Å². The van der Waals surface area contributed by atoms with Crippen molar-refractivity contribution in [2.75, 3.05) is 17.6 Å². The quantitative estimate of drug-likeness (QED) is 0.419. The summed E-state index contributed by atoms with van der Waals surface area (Å²) in [5, 5.41) is 15.7. The van der Waals surface area contributed by atoms with E-state index in [9.17, 15) is 9.59 Å². The van der Waals surface area contributed by atoms with Crippen molar-refractivity contribution in [2.45, 2.75) is 50.7 Å². The van der Waals surface area contributed by atoms with E-state index in [0.29, 0.717) is 10.2 Å². The summed E-state index contributed by atoms with van der Waals surface area (Å²) in [5.41, 5.74) is 3.70. The highest BCUT2D eigenvalue weighted by molar-refractivity contribution is 7.99. The molecule has 0 aliphatic heterocycles. The molecule has 7 nitrogen and oxygen atoms in total. The molecule has 2 N–H and O–H groups in total. The van der Waals surface area contributed by atoms with Crippen molar-refractivity contribution in [2.24, 2.45) is 0 Å². The van der Waals surface area contributed by atoms with Crippen LogP contribution >= 0.6 is 23.4 Å². The molecule has 0 atom stereocenters. The molecule has 1 heterocycles. The highest BCUT2D eigenvalue weighted by Gasteiger charge is 2.26. The van der Waals surface area contributed by atoms with Gasteiger partial charge in [0.1, 0.15) is 0 Å². The molecule has 3 aromatic rings. The number of aromatic nitrogens is 3. The van der Waals surface area contributed by atoms with Crippen LogP contribution in [0.3, 0.4) is 0 Å². The molecule has 1 fully saturated rings. The van der Waals surface area contributed by atoms with E-state index in [1.807, 2.05) is 56.3 Å². The van der Waals surface area contributed by atoms with Gasteiger partial charge in [-0.05, 0) is 56.0 Å². The van der Waals surface area contributed by atoms with E-state index in [2.05, 4.69) is 25.4 Å². The van der Waals surface area contributed by atoms with Crippen molar-refractivity contribution < 1.29 is 9.59 Å². The summed E-state index contributed by atoms with van der Waals surface area (Å²) in [7, 11) is 0. The van der Waals surface area contributed by atoms with Gasteiger partial charge in [0.2, 0.25) is 11.8 Å². The van der Waals surface area contributed by atoms with Crippen LogP contribution in [0.2, 0.25) is 5.02 Å². The molecule has 178 valence electrons. The standard InChI is InChI=1S/C25H28ClN5O2S/c1-16-8-7-13-21(17(16)2)28-22(32)14-27-23(33)15-34-25-30-29-24(19-11-5-6-12-20(19)26)31(25)18-9-3-4-10-18/h5-8,11-13,18H,3-4,9-10,14-15H2,1-2H3,(H,27,33)(H,28,32). The van der Waals surface area contributed by atoms with E-state index in [-0.39, 0.29) is 30.2 Å². The second-order valence-electron chi connectivity index (χ2n) is 8.46. The summed E-state index contributed by atoms with van der Waals surface area (Å²) in [6.45, 7) is 3.86. The summed E-state index contributed by atoms with van der Waals surface area (Å²) in [5.74, 6) is 0.376. The minimum Gasteiger partial charge on any atom is -0.346 e. The highest BCUT2D eigenvalue weighted by Crippen LogP contribution is 2.38. The van der Waals surface area contributed by atoms with Crippen LogP contribution in [0.15, 0.2) is 47.6 Å². The molecule has 1 saturated carbocycles. The first-order valence-electron chi connectivity index (χ1n) is 11.4. The number of amides is 2. The fraction of sp³-hybridized carbons (Fsp3) is 0.360. The average molecular weight is 498 g/mol. The molecule has 9 heteroatoms. The highest BCUT2D eigenvalue weighted by atomic mass is 35.5. The Balaban J connectivity index is 1.38. The minimum absolute atomic E-state index is 0.0903. The number of nitrogens with one attached hydrogen (secondary N) is 2. The van der Waals surface area contributed by atoms with Gasteiger partial charge in [0.05, 0.1) is 17.3 Å². The van der Waals surface area contributed by atoms with Gasteiger partial charge in [-0.1, -0.05) is 60.5 Å². The largest absolute Gasteiger partial charge is 0.346 e. The van der Waals surface area contributed by atoms with E-state index in [1.54, 1.807) is 0 Å². The number of nitrogens with zero attached hydrogens (tertiary/aromatic N) is 3. The number of thioether (sulfide) groups is 1. The predicted molar refractivity (Wildman–Crippen MR) is 136 cm³/mol. The van der Waals surface area contributed by atoms with Gasteiger partial charge in [0.15, 0.2) is 11.0 Å². The first-order chi connectivity index (χ1) is 16.4. The van der Waals surface area contributed by atoms with E-state index in [4.69, 9.17) is 11.6 Å². The number of hydrogen-bond acceptors (Lipinski definition) is 5. The molecule has 2 aromatic carbocycles. The Hall–Kier alpha value is -2.84. The molecule has 1 aromatic heterocycles. The Kier molecular flexibility index (Phi) is 7.90. The number of aryl methyl sites for hydroxylation is 1. The third kappa shape index (κ3) is 5.62. The third-order valence-corrected chi connectivity index (χ3v) is 7.40. The molecular formula is C25H28ClN5O2S. The molecular weight excluding hydrogens is 470 g/mol. The molecule has 0 unspecified atom stereocenters. The van der Waals surface area contributed by atoms with Crippen molar-refractivity contribution in [3.63, 3.8) is 0 Å². The Morgan fingerprint density at radius 1 is 1.06 bits per heavy atom. The first kappa shape index (κ1) is 24.3. The van der Waals surface area contributed by atoms with Gasteiger partial charge in [0, 0.05) is 17.3 Å². The molecule has 0 bridgehead atoms. The van der Waals surface area contributed by atoms with Crippen LogP contribution in [0.25, 0.3) is 11.4 Å². The van der Waals surface area contributed by atoms with E-state index < -0.39 is 0 Å². The maximum Gasteiger partial charge on any atom is 0.243 e. The Bertz CT molecular complexity index is 1190. The molecule has 2 amide bonds. The van der Waals surface area contributed by atoms with Crippen molar-refractivity contribution in [1.82, 2.24) is 20.1 Å². The summed E-state index contributed by atoms with van der Waals surface area (Å²) >= 11 is 7.76. The zero-order chi connectivity index (χ0) is 24.1. The maximum atomic E-state index is 12.5. The third-order valence-electron chi connectivity index (χ3n) is 6.13. The zero-order valence-corrected chi connectivity index (χ0v) is 20.9. The summed E-state index contributed by atoms with van der Waals surface area (Å²) < 4.78 is 2.12. The molecule has 0 radical (unpaired) electrons. The summed E-state index contributed by atoms with van der Waals surface area (Å²) in [4.78, 5) is 24.8. The topological polar surface area (TPSA) is 88.9 Å². The van der Waals surface area contributed by atoms with Crippen LogP contribution in [0.4, 0.5) is 5.69 Å². The fourth-order valence-corrected chi connectivity index (χ4v) is 5.19. The lowest BCUT2D eigenvalue weighted by molar-refractivity contribution is -0.122. The van der Waals surface area contributed by atoms with Gasteiger partial charge < -0.3 is 10.6 Å². The van der Waals surface area contributed by atoms with Gasteiger partial charge in [-0.2, -0.15) is 0 Å². The second-order valence-corrected chi connectivity index (χ2v) is 9.81. The molecule has 0 spiro atoms. The molecule has 1 aliphatic rings. The number of halogens is 1. The van der Waals surface area contributed by atoms with Crippen LogP contribution in [-0.2, 0) is 9.59 Å². The van der Waals surface area contributed by atoms with Gasteiger partial charge in [-0.15, -0.1) is 10.2 Å². The molecule has 34 heavy (non-hydrogen) atoms. The summed E-state index contributed by atoms with van der Waals surface area (Å²) in [6, 6.07) is 13.6. The van der Waals surface area contributed by atoms with Crippen molar-refractivity contribution in [3.8, 4) is 11.4 Å². The van der Waals surface area contributed by atoms with Crippen LogP contribution in [0.1, 0.15) is 42.9 Å². The lowest BCUT2D eigenvalue weighted by Crippen LogP contribution is -2.34. The smallest absolute Gasteiger partial charge is 0.243 e. The molecule has 4 rings (SSSR count). The number of carbonyl (C=O) groups is 2. The maximum absolute atomic E-state index is 12.5. The number of rotatable bonds is 8. The normalized spacial score (nSPS) is 13.7. The SMILES string of the molecule is Cc1cccc(NC(=O)CNC(=O)CSc2nnc(-c3ccccc3Cl)n2C2CCCC2)c1C. The lowest BCUT2D eigenvalue weighted by Gasteiger charge is -2.17. The van der Waals surface area contributed by atoms with Gasteiger partial charge >= 0.3 is 0 Å². The zero-order valence-electron chi connectivity index (χ0n) is 19.3. The Morgan fingerprint density at radius 2 is 1.82 bits per heavy atom. The van der Waals surface area contributed by atoms with E-state index in [1.165, 1.54) is 11.8 Å². The van der Waals surface area contributed by atoms with Crippen LogP contribution < -0.4 is 10.6 Å². The van der Waals surface area contributed by atoms with E-state index in [0.717, 1.165) is 53.9 Å². The van der Waals surface area contributed by atoms with Crippen LogP contribution in [-0.4, -0.2) is 38.9 Å². The minimum atomic E-state index is -0.262. The number of hydrogen-bond donors (Lipinski definition) is 2. The Morgan fingerprint density at radius 3 is 2.59 bits per heavy atom. The number of carbonyl (C=O) groups excluding carboxylic acids is 2. The molecule has 0 saturated heterocycles. The van der Waals surface area contributed by atoms with Gasteiger partial charge in [-0.3, -0.25) is 14.2 Å². The van der Waals surface area contributed by atoms with Crippen molar-refractivity contribution in [3.05, 3.63) is 58.6 Å².